The molecule has 0 atom stereocenters. The summed E-state index contributed by atoms with van der Waals surface area (Å²) in [5.41, 5.74) is 0. The van der Waals surface area contributed by atoms with Crippen LogP contribution in [0.2, 0.25) is 0 Å². The van der Waals surface area contributed by atoms with Gasteiger partial charge in [-0.25, -0.2) is 4.98 Å². The lowest BCUT2D eigenvalue weighted by Gasteiger charge is -2.13. The summed E-state index contributed by atoms with van der Waals surface area (Å²) in [4.78, 5) is 4.30. The van der Waals surface area contributed by atoms with E-state index < -0.39 is 0 Å². The van der Waals surface area contributed by atoms with Crippen LogP contribution in [0.25, 0.3) is 0 Å². The fourth-order valence-electron chi connectivity index (χ4n) is 2.45. The van der Waals surface area contributed by atoms with Gasteiger partial charge in [-0.3, -0.25) is 0 Å². The molecular weight excluding hydrogens is 344 g/mol. The van der Waals surface area contributed by atoms with Gasteiger partial charge in [-0.2, -0.15) is 4.68 Å². The maximum atomic E-state index is 4.30. The predicted molar refractivity (Wildman–Crippen MR) is 128 cm³/mol. The fraction of sp³-hybridized carbons (Fsp3) is 0.750. The standard InChI is InChI=1S/C9H17N2.C9H16N2.2C2H6.2CH4/c1-8(2)10-6-5-7-11(10)9(3)4;1-7(2)9-10-5-6-11(9)8(3)4;2*1-2;;/h5-9H,1-4H3;5-8H,1-4H3;2*1-2H3;2*1H4/q+1;;;;;. The van der Waals surface area contributed by atoms with Crippen molar-refractivity contribution in [1.29, 1.82) is 0 Å². The molecule has 2 rings (SSSR count). The van der Waals surface area contributed by atoms with E-state index in [1.165, 1.54) is 5.82 Å². The van der Waals surface area contributed by atoms with Crippen LogP contribution in [-0.2, 0) is 0 Å². The molecule has 0 saturated heterocycles. The van der Waals surface area contributed by atoms with Crippen molar-refractivity contribution in [2.45, 2.75) is 122 Å². The molecule has 2 heterocycles. The van der Waals surface area contributed by atoms with E-state index in [-0.39, 0.29) is 14.9 Å². The molecule has 0 unspecified atom stereocenters. The SMILES string of the molecule is C.C.CC.CC.CC(C)c1nccn1C(C)C.CC(C)n1ccc[n+]1C(C)C. The number of imidazole rings is 1. The highest BCUT2D eigenvalue weighted by molar-refractivity contribution is 4.98. The van der Waals surface area contributed by atoms with Crippen LogP contribution in [0.5, 0.6) is 0 Å². The van der Waals surface area contributed by atoms with Gasteiger partial charge in [0, 0.05) is 30.4 Å². The van der Waals surface area contributed by atoms with Gasteiger partial charge in [0.05, 0.1) is 12.2 Å². The quantitative estimate of drug-likeness (QED) is 0.482. The minimum Gasteiger partial charge on any atom is -0.332 e. The van der Waals surface area contributed by atoms with Gasteiger partial charge in [0.2, 0.25) is 0 Å². The molecule has 0 saturated carbocycles. The molecule has 2 aromatic rings. The highest BCUT2D eigenvalue weighted by atomic mass is 15.4. The smallest absolute Gasteiger partial charge is 0.195 e. The van der Waals surface area contributed by atoms with Gasteiger partial charge in [-0.15, -0.1) is 4.68 Å². The molecule has 4 heteroatoms. The molecule has 0 aliphatic rings. The molecule has 168 valence electrons. The lowest BCUT2D eigenvalue weighted by atomic mass is 10.2. The minimum atomic E-state index is 0. The van der Waals surface area contributed by atoms with E-state index in [0.29, 0.717) is 24.0 Å². The van der Waals surface area contributed by atoms with Crippen molar-refractivity contribution in [2.75, 3.05) is 0 Å². The second-order valence-corrected chi connectivity index (χ2v) is 6.88. The normalized spacial score (nSPS) is 9.43. The largest absolute Gasteiger partial charge is 0.332 e. The van der Waals surface area contributed by atoms with Crippen LogP contribution < -0.4 is 4.68 Å². The van der Waals surface area contributed by atoms with Crippen molar-refractivity contribution >= 4 is 0 Å². The zero-order valence-electron chi connectivity index (χ0n) is 19.5. The first-order chi connectivity index (χ1) is 12.3. The summed E-state index contributed by atoms with van der Waals surface area (Å²) in [6, 6.07) is 3.70. The maximum Gasteiger partial charge on any atom is 0.195 e. The molecule has 4 nitrogen and oxygen atoms in total. The third kappa shape index (κ3) is 11.3. The van der Waals surface area contributed by atoms with Crippen LogP contribution in [0.1, 0.15) is 128 Å². The Morgan fingerprint density at radius 3 is 1.57 bits per heavy atom. The van der Waals surface area contributed by atoms with Crippen LogP contribution in [0.4, 0.5) is 0 Å². The van der Waals surface area contributed by atoms with E-state index in [1.54, 1.807) is 0 Å². The fourth-order valence-corrected chi connectivity index (χ4v) is 2.45. The molecule has 0 fully saturated rings. The van der Waals surface area contributed by atoms with Gasteiger partial charge in [-0.1, -0.05) is 56.4 Å². The Balaban J connectivity index is -0.000000165. The molecule has 0 radical (unpaired) electrons. The third-order valence-corrected chi connectivity index (χ3v) is 3.57. The first kappa shape index (κ1) is 34.0. The predicted octanol–water partition coefficient (Wildman–Crippen LogP) is 7.85. The minimum absolute atomic E-state index is 0. The van der Waals surface area contributed by atoms with Gasteiger partial charge in [0.1, 0.15) is 5.82 Å². The van der Waals surface area contributed by atoms with Gasteiger partial charge < -0.3 is 4.57 Å². The van der Waals surface area contributed by atoms with Crippen LogP contribution in [0, 0.1) is 0 Å². The molecule has 0 N–H and O–H groups in total. The maximum absolute atomic E-state index is 4.30. The van der Waals surface area contributed by atoms with Crippen molar-refractivity contribution in [1.82, 2.24) is 14.2 Å². The Morgan fingerprint density at radius 1 is 0.786 bits per heavy atom. The summed E-state index contributed by atoms with van der Waals surface area (Å²) < 4.78 is 6.69. The summed E-state index contributed by atoms with van der Waals surface area (Å²) in [5, 5.41) is 0. The van der Waals surface area contributed by atoms with Crippen LogP contribution in [-0.4, -0.2) is 14.2 Å². The number of rotatable bonds is 4. The molecule has 28 heavy (non-hydrogen) atoms. The topological polar surface area (TPSA) is 26.6 Å². The van der Waals surface area contributed by atoms with E-state index in [4.69, 9.17) is 0 Å². The summed E-state index contributed by atoms with van der Waals surface area (Å²) in [7, 11) is 0. The van der Waals surface area contributed by atoms with E-state index in [2.05, 4.69) is 92.8 Å². The van der Waals surface area contributed by atoms with Crippen molar-refractivity contribution in [3.05, 3.63) is 36.7 Å². The lowest BCUT2D eigenvalue weighted by molar-refractivity contribution is -0.794. The second-order valence-electron chi connectivity index (χ2n) is 6.88. The van der Waals surface area contributed by atoms with Crippen molar-refractivity contribution < 1.29 is 4.68 Å². The molecule has 0 aliphatic heterocycles. The van der Waals surface area contributed by atoms with Gasteiger partial charge in [0.25, 0.3) is 0 Å². The zero-order chi connectivity index (χ0) is 20.9. The van der Waals surface area contributed by atoms with Crippen molar-refractivity contribution in [3.8, 4) is 0 Å². The lowest BCUT2D eigenvalue weighted by Crippen LogP contribution is -2.45. The number of hydrogen-bond acceptors (Lipinski definition) is 1. The second kappa shape index (κ2) is 18.8. The molecule has 0 aliphatic carbocycles. The van der Waals surface area contributed by atoms with Gasteiger partial charge in [-0.05, 0) is 41.5 Å². The first-order valence-electron chi connectivity index (χ1n) is 10.4. The monoisotopic (exact) mass is 397 g/mol. The Bertz CT molecular complexity index is 453. The number of nitrogens with zero attached hydrogens (tertiary/aromatic N) is 4. The summed E-state index contributed by atoms with van der Waals surface area (Å²) in [5.74, 6) is 1.70. The van der Waals surface area contributed by atoms with Gasteiger partial charge in [0.15, 0.2) is 12.2 Å². The highest BCUT2D eigenvalue weighted by Crippen LogP contribution is 2.15. The average Bonchev–Trinajstić information content (AvgIpc) is 3.28. The molecule has 2 aromatic heterocycles. The molecule has 0 spiro atoms. The molecule has 0 bridgehead atoms. The van der Waals surface area contributed by atoms with E-state index in [0.717, 1.165) is 0 Å². The zero-order valence-corrected chi connectivity index (χ0v) is 19.5. The Kier molecular flexibility index (Phi) is 22.8. The number of aromatic nitrogens is 4. The summed E-state index contributed by atoms with van der Waals surface area (Å²) in [6.07, 6.45) is 8.14. The van der Waals surface area contributed by atoms with Crippen LogP contribution in [0.3, 0.4) is 0 Å². The molecule has 0 amide bonds. The van der Waals surface area contributed by atoms with E-state index in [9.17, 15) is 0 Å². The Morgan fingerprint density at radius 2 is 1.29 bits per heavy atom. The van der Waals surface area contributed by atoms with Crippen LogP contribution >= 0.6 is 0 Å². The van der Waals surface area contributed by atoms with E-state index >= 15 is 0 Å². The Hall–Kier alpha value is -1.58. The molecular formula is C24H53N4+. The number of hydrogen-bond donors (Lipinski definition) is 0. The Labute approximate surface area is 178 Å². The van der Waals surface area contributed by atoms with Crippen molar-refractivity contribution in [2.24, 2.45) is 0 Å². The highest BCUT2D eigenvalue weighted by Gasteiger charge is 2.13. The molecule has 0 aromatic carbocycles. The summed E-state index contributed by atoms with van der Waals surface area (Å²) in [6.45, 7) is 25.5. The average molecular weight is 398 g/mol. The van der Waals surface area contributed by atoms with Crippen molar-refractivity contribution in [3.63, 3.8) is 0 Å². The summed E-state index contributed by atoms with van der Waals surface area (Å²) >= 11 is 0. The van der Waals surface area contributed by atoms with Gasteiger partial charge >= 0.3 is 0 Å². The third-order valence-electron chi connectivity index (χ3n) is 3.57. The van der Waals surface area contributed by atoms with E-state index in [1.807, 2.05) is 40.1 Å². The van der Waals surface area contributed by atoms with Crippen LogP contribution in [0.15, 0.2) is 30.9 Å². The first-order valence-corrected chi connectivity index (χ1v) is 10.4.